The van der Waals surface area contributed by atoms with Crippen LogP contribution in [0.15, 0.2) is 36.5 Å². The predicted molar refractivity (Wildman–Crippen MR) is 119 cm³/mol. The molecule has 0 spiro atoms. The number of rotatable bonds is 10. The van der Waals surface area contributed by atoms with Crippen LogP contribution in [-0.2, 0) is 22.6 Å². The van der Waals surface area contributed by atoms with Crippen LogP contribution in [0.5, 0.6) is 0 Å². The smallest absolute Gasteiger partial charge is 0.243 e. The summed E-state index contributed by atoms with van der Waals surface area (Å²) in [5.74, 6) is -1.88. The molecule has 7 nitrogen and oxygen atoms in total. The fraction of sp³-hybridized carbons (Fsp3) is 0.435. The highest BCUT2D eigenvalue weighted by Crippen LogP contribution is 2.15. The van der Waals surface area contributed by atoms with E-state index in [2.05, 4.69) is 15.6 Å². The van der Waals surface area contributed by atoms with E-state index < -0.39 is 29.6 Å². The van der Waals surface area contributed by atoms with E-state index in [0.29, 0.717) is 5.82 Å². The first kappa shape index (κ1) is 25.2. The number of halogens is 2. The molecule has 0 aliphatic carbocycles. The topological polar surface area (TPSA) is 100 Å². The number of benzene rings is 1. The Bertz CT molecular complexity index is 901. The number of hydrogen-bond donors (Lipinski definition) is 3. The summed E-state index contributed by atoms with van der Waals surface area (Å²) in [6, 6.07) is 4.93. The third-order valence-corrected chi connectivity index (χ3v) is 5.32. The molecule has 0 aliphatic heterocycles. The van der Waals surface area contributed by atoms with Crippen LogP contribution in [-0.4, -0.2) is 47.9 Å². The van der Waals surface area contributed by atoms with Crippen molar-refractivity contribution in [3.8, 4) is 0 Å². The second kappa shape index (κ2) is 11.5. The average molecular weight is 448 g/mol. The molecule has 0 fully saturated rings. The van der Waals surface area contributed by atoms with Gasteiger partial charge in [-0.3, -0.25) is 14.5 Å². The third-order valence-electron chi connectivity index (χ3n) is 5.32. The van der Waals surface area contributed by atoms with Crippen molar-refractivity contribution in [3.63, 3.8) is 0 Å². The number of hydrogen-bond acceptors (Lipinski definition) is 5. The van der Waals surface area contributed by atoms with Crippen LogP contribution in [0.1, 0.15) is 31.4 Å². The highest BCUT2D eigenvalue weighted by molar-refractivity contribution is 5.90. The number of likely N-dealkylation sites (N-methyl/N-ethyl adjacent to an activating group) is 1. The van der Waals surface area contributed by atoms with E-state index in [1.807, 2.05) is 13.8 Å². The van der Waals surface area contributed by atoms with Crippen molar-refractivity contribution in [2.24, 2.45) is 5.92 Å². The molecule has 1 unspecified atom stereocenters. The molecule has 0 saturated carbocycles. The van der Waals surface area contributed by atoms with Crippen LogP contribution in [0, 0.1) is 17.6 Å². The number of carbonyl (C=O) groups excluding carboxylic acids is 2. The molecule has 4 N–H and O–H groups in total. The molecule has 1 aromatic carbocycles. The van der Waals surface area contributed by atoms with E-state index in [0.717, 1.165) is 30.2 Å². The summed E-state index contributed by atoms with van der Waals surface area (Å²) in [6.07, 6.45) is 2.25. The summed E-state index contributed by atoms with van der Waals surface area (Å²) >= 11 is 0. The molecule has 2 aromatic rings. The molecular formula is C23H31F2N5O2. The lowest BCUT2D eigenvalue weighted by Crippen LogP contribution is -2.54. The van der Waals surface area contributed by atoms with Gasteiger partial charge in [0.1, 0.15) is 23.5 Å². The van der Waals surface area contributed by atoms with Gasteiger partial charge in [-0.1, -0.05) is 26.3 Å². The Kier molecular flexibility index (Phi) is 9.07. The van der Waals surface area contributed by atoms with Crippen LogP contribution >= 0.6 is 0 Å². The molecule has 0 aliphatic rings. The van der Waals surface area contributed by atoms with Crippen LogP contribution in [0.2, 0.25) is 0 Å². The van der Waals surface area contributed by atoms with E-state index in [1.54, 1.807) is 31.1 Å². The fourth-order valence-corrected chi connectivity index (χ4v) is 3.51. The Hall–Kier alpha value is -3.07. The molecular weight excluding hydrogens is 416 g/mol. The van der Waals surface area contributed by atoms with Crippen molar-refractivity contribution < 1.29 is 18.4 Å². The van der Waals surface area contributed by atoms with Crippen LogP contribution in [0.4, 0.5) is 14.6 Å². The lowest BCUT2D eigenvalue weighted by Gasteiger charge is -2.30. The number of aromatic nitrogens is 1. The molecule has 9 heteroatoms. The largest absolute Gasteiger partial charge is 0.384 e. The van der Waals surface area contributed by atoms with Gasteiger partial charge in [0.05, 0.1) is 6.04 Å². The van der Waals surface area contributed by atoms with E-state index in [4.69, 9.17) is 5.73 Å². The first-order chi connectivity index (χ1) is 15.1. The van der Waals surface area contributed by atoms with Gasteiger partial charge in [-0.25, -0.2) is 13.8 Å². The number of nitrogen functional groups attached to an aromatic ring is 1. The maximum Gasteiger partial charge on any atom is 0.243 e. The van der Waals surface area contributed by atoms with E-state index in [-0.39, 0.29) is 30.4 Å². The van der Waals surface area contributed by atoms with Gasteiger partial charge in [0, 0.05) is 25.2 Å². The molecule has 1 heterocycles. The molecule has 2 rings (SSSR count). The quantitative estimate of drug-likeness (QED) is 0.519. The zero-order valence-electron chi connectivity index (χ0n) is 18.9. The lowest BCUT2D eigenvalue weighted by molar-refractivity contribution is -0.132. The van der Waals surface area contributed by atoms with Crippen molar-refractivity contribution in [2.75, 3.05) is 19.8 Å². The summed E-state index contributed by atoms with van der Waals surface area (Å²) in [5, 5.41) is 5.52. The van der Waals surface area contributed by atoms with E-state index >= 15 is 0 Å². The zero-order chi connectivity index (χ0) is 23.8. The van der Waals surface area contributed by atoms with E-state index in [9.17, 15) is 18.4 Å². The van der Waals surface area contributed by atoms with Gasteiger partial charge in [0.15, 0.2) is 0 Å². The minimum absolute atomic E-state index is 0.0428. The number of nitrogens with zero attached hydrogens (tertiary/aromatic N) is 2. The first-order valence-corrected chi connectivity index (χ1v) is 10.5. The van der Waals surface area contributed by atoms with Gasteiger partial charge in [0.25, 0.3) is 0 Å². The number of anilines is 1. The molecule has 0 bridgehead atoms. The van der Waals surface area contributed by atoms with Crippen molar-refractivity contribution >= 4 is 17.6 Å². The highest BCUT2D eigenvalue weighted by Gasteiger charge is 2.30. The highest BCUT2D eigenvalue weighted by atomic mass is 19.1. The third kappa shape index (κ3) is 7.26. The monoisotopic (exact) mass is 447 g/mol. The van der Waals surface area contributed by atoms with Gasteiger partial charge in [-0.2, -0.15) is 0 Å². The zero-order valence-corrected chi connectivity index (χ0v) is 18.9. The van der Waals surface area contributed by atoms with E-state index in [1.165, 1.54) is 6.20 Å². The van der Waals surface area contributed by atoms with Crippen molar-refractivity contribution in [3.05, 3.63) is 59.3 Å². The average Bonchev–Trinajstić information content (AvgIpc) is 2.71. The molecule has 1 aromatic heterocycles. The summed E-state index contributed by atoms with van der Waals surface area (Å²) in [6.45, 7) is 4.10. The van der Waals surface area contributed by atoms with Crippen LogP contribution in [0.3, 0.4) is 0 Å². The molecule has 0 radical (unpaired) electrons. The second-order valence-electron chi connectivity index (χ2n) is 8.15. The van der Waals surface area contributed by atoms with Crippen molar-refractivity contribution in [1.29, 1.82) is 0 Å². The molecule has 0 saturated heterocycles. The SMILES string of the molecule is CCC(C)[C@H](C(=O)N[C@@H](Cc1cc(F)cc(F)c1)C(=O)NCc1ccc(N)nc1)N(C)C. The molecule has 32 heavy (non-hydrogen) atoms. The first-order valence-electron chi connectivity index (χ1n) is 10.5. The maximum absolute atomic E-state index is 13.7. The Morgan fingerprint density at radius 2 is 1.75 bits per heavy atom. The lowest BCUT2D eigenvalue weighted by atomic mass is 9.96. The second-order valence-corrected chi connectivity index (χ2v) is 8.15. The standard InChI is InChI=1S/C23H31F2N5O2/c1-5-14(2)21(30(3)4)23(32)29-19(10-16-8-17(24)11-18(25)9-16)22(31)28-13-15-6-7-20(26)27-12-15/h6-9,11-12,14,19,21H,5,10,13H2,1-4H3,(H2,26,27)(H,28,31)(H,29,32)/t14?,19-,21+/m0/s1. The normalized spacial score (nSPS) is 14.0. The summed E-state index contributed by atoms with van der Waals surface area (Å²) < 4.78 is 27.4. The van der Waals surface area contributed by atoms with Gasteiger partial charge >= 0.3 is 0 Å². The minimum Gasteiger partial charge on any atom is -0.384 e. The summed E-state index contributed by atoms with van der Waals surface area (Å²) in [7, 11) is 3.59. The maximum atomic E-state index is 13.7. The summed E-state index contributed by atoms with van der Waals surface area (Å²) in [5.41, 5.74) is 6.56. The number of amides is 2. The van der Waals surface area contributed by atoms with Gasteiger partial charge in [0.2, 0.25) is 11.8 Å². The van der Waals surface area contributed by atoms with Gasteiger partial charge in [-0.05, 0) is 49.3 Å². The number of nitrogens with two attached hydrogens (primary N) is 1. The number of pyridine rings is 1. The van der Waals surface area contributed by atoms with Gasteiger partial charge < -0.3 is 16.4 Å². The molecule has 2 amide bonds. The molecule has 174 valence electrons. The Morgan fingerprint density at radius 1 is 1.09 bits per heavy atom. The van der Waals surface area contributed by atoms with Crippen molar-refractivity contribution in [2.45, 2.75) is 45.3 Å². The number of nitrogens with one attached hydrogen (secondary N) is 2. The van der Waals surface area contributed by atoms with Crippen LogP contribution in [0.25, 0.3) is 0 Å². The van der Waals surface area contributed by atoms with Gasteiger partial charge in [-0.15, -0.1) is 0 Å². The Labute approximate surface area is 187 Å². The summed E-state index contributed by atoms with van der Waals surface area (Å²) in [4.78, 5) is 31.8. The predicted octanol–water partition coefficient (Wildman–Crippen LogP) is 2.26. The Balaban J connectivity index is 2.21. The fourth-order valence-electron chi connectivity index (χ4n) is 3.51. The Morgan fingerprint density at radius 3 is 2.28 bits per heavy atom. The minimum atomic E-state index is -1.02. The van der Waals surface area contributed by atoms with Crippen molar-refractivity contribution in [1.82, 2.24) is 20.5 Å². The number of carbonyl (C=O) groups is 2. The van der Waals surface area contributed by atoms with Crippen LogP contribution < -0.4 is 16.4 Å². The molecule has 3 atom stereocenters.